The van der Waals surface area contributed by atoms with Gasteiger partial charge in [-0.3, -0.25) is 4.79 Å². The summed E-state index contributed by atoms with van der Waals surface area (Å²) in [7, 11) is 1.57. The number of carbonyl (C=O) groups excluding carboxylic acids is 1. The third kappa shape index (κ3) is 2.59. The molecule has 0 saturated heterocycles. The molecular weight excluding hydrogens is 308 g/mol. The van der Waals surface area contributed by atoms with Crippen LogP contribution < -0.4 is 10.1 Å². The van der Waals surface area contributed by atoms with Crippen molar-refractivity contribution in [2.45, 2.75) is 19.8 Å². The van der Waals surface area contributed by atoms with E-state index in [0.717, 1.165) is 4.47 Å². The summed E-state index contributed by atoms with van der Waals surface area (Å²) in [4.78, 5) is 12.2. The van der Waals surface area contributed by atoms with E-state index in [-0.39, 0.29) is 5.91 Å². The molecule has 1 fully saturated rings. The number of amides is 1. The summed E-state index contributed by atoms with van der Waals surface area (Å²) in [5, 5.41) is 12.0. The molecule has 0 heterocycles. The van der Waals surface area contributed by atoms with E-state index in [2.05, 4.69) is 27.3 Å². The summed E-state index contributed by atoms with van der Waals surface area (Å²) in [5.74, 6) is 0.854. The van der Waals surface area contributed by atoms with Gasteiger partial charge in [-0.15, -0.1) is 0 Å². The fourth-order valence-electron chi connectivity index (χ4n) is 2.43. The normalized spacial score (nSPS) is 25.1. The Morgan fingerprint density at radius 1 is 1.58 bits per heavy atom. The Morgan fingerprint density at radius 2 is 2.26 bits per heavy atom. The highest BCUT2D eigenvalue weighted by Gasteiger charge is 2.49. The molecule has 0 spiro atoms. The fourth-order valence-corrected chi connectivity index (χ4v) is 2.77. The Bertz CT molecular complexity index is 545. The van der Waals surface area contributed by atoms with Gasteiger partial charge in [-0.2, -0.15) is 5.26 Å². The van der Waals surface area contributed by atoms with Crippen LogP contribution in [0, 0.1) is 22.7 Å². The van der Waals surface area contributed by atoms with Crippen LogP contribution in [0.1, 0.15) is 19.8 Å². The number of nitriles is 1. The second kappa shape index (κ2) is 5.22. The zero-order chi connectivity index (χ0) is 14.0. The first-order valence-corrected chi connectivity index (χ1v) is 6.86. The van der Waals surface area contributed by atoms with Crippen LogP contribution in [0.4, 0.5) is 5.69 Å². The summed E-state index contributed by atoms with van der Waals surface area (Å²) in [6, 6.07) is 7.49. The van der Waals surface area contributed by atoms with E-state index in [9.17, 15) is 10.1 Å². The molecule has 1 aliphatic carbocycles. The lowest BCUT2D eigenvalue weighted by atomic mass is 9.63. The summed E-state index contributed by atoms with van der Waals surface area (Å²) >= 11 is 3.38. The van der Waals surface area contributed by atoms with E-state index in [1.807, 2.05) is 6.92 Å². The highest BCUT2D eigenvalue weighted by atomic mass is 79.9. The predicted molar refractivity (Wildman–Crippen MR) is 75.8 cm³/mol. The zero-order valence-electron chi connectivity index (χ0n) is 10.9. The van der Waals surface area contributed by atoms with Crippen molar-refractivity contribution in [1.29, 1.82) is 5.26 Å². The number of carbonyl (C=O) groups is 1. The van der Waals surface area contributed by atoms with Crippen LogP contribution in [-0.2, 0) is 4.79 Å². The molecule has 1 aromatic carbocycles. The van der Waals surface area contributed by atoms with Crippen LogP contribution in [0.15, 0.2) is 22.7 Å². The molecule has 0 radical (unpaired) electrons. The first-order valence-electron chi connectivity index (χ1n) is 6.07. The average Bonchev–Trinajstić information content (AvgIpc) is 2.37. The molecule has 0 aromatic heterocycles. The number of ether oxygens (including phenoxy) is 1. The van der Waals surface area contributed by atoms with E-state index < -0.39 is 5.41 Å². The monoisotopic (exact) mass is 322 g/mol. The van der Waals surface area contributed by atoms with Crippen molar-refractivity contribution in [2.75, 3.05) is 12.4 Å². The molecule has 0 bridgehead atoms. The highest BCUT2D eigenvalue weighted by molar-refractivity contribution is 9.10. The maximum absolute atomic E-state index is 12.2. The number of nitrogens with one attached hydrogen (secondary N) is 1. The molecule has 0 atom stereocenters. The van der Waals surface area contributed by atoms with Crippen molar-refractivity contribution >= 4 is 27.5 Å². The summed E-state index contributed by atoms with van der Waals surface area (Å²) in [6.45, 7) is 2.05. The molecule has 1 saturated carbocycles. The lowest BCUT2D eigenvalue weighted by Crippen LogP contribution is -2.45. The van der Waals surface area contributed by atoms with Gasteiger partial charge in [0.15, 0.2) is 0 Å². The van der Waals surface area contributed by atoms with Crippen molar-refractivity contribution in [1.82, 2.24) is 0 Å². The van der Waals surface area contributed by atoms with E-state index >= 15 is 0 Å². The Morgan fingerprint density at radius 3 is 2.79 bits per heavy atom. The second-order valence-electron chi connectivity index (χ2n) is 5.01. The minimum Gasteiger partial charge on any atom is -0.497 e. The first-order chi connectivity index (χ1) is 9.00. The molecule has 0 aliphatic heterocycles. The summed E-state index contributed by atoms with van der Waals surface area (Å²) in [5.41, 5.74) is -0.249. The third-order valence-corrected chi connectivity index (χ3v) is 4.16. The summed E-state index contributed by atoms with van der Waals surface area (Å²) < 4.78 is 5.89. The van der Waals surface area contributed by atoms with Gasteiger partial charge < -0.3 is 10.1 Å². The standard InChI is InChI=1S/C14H15BrN2O2/c1-9-6-14(7-9,8-16)13(18)17-12-5-10(19-2)3-4-11(12)15/h3-5,9H,6-7H2,1-2H3,(H,17,18). The van der Waals surface area contributed by atoms with Crippen LogP contribution in [-0.4, -0.2) is 13.0 Å². The minimum atomic E-state index is -0.873. The van der Waals surface area contributed by atoms with Crippen molar-refractivity contribution in [3.05, 3.63) is 22.7 Å². The largest absolute Gasteiger partial charge is 0.497 e. The Balaban J connectivity index is 2.17. The average molecular weight is 323 g/mol. The number of halogens is 1. The molecule has 1 amide bonds. The van der Waals surface area contributed by atoms with Crippen LogP contribution >= 0.6 is 15.9 Å². The molecule has 5 heteroatoms. The molecule has 2 rings (SSSR count). The van der Waals surface area contributed by atoms with Crippen LogP contribution in [0.5, 0.6) is 5.75 Å². The van der Waals surface area contributed by atoms with Crippen molar-refractivity contribution in [3.8, 4) is 11.8 Å². The predicted octanol–water partition coefficient (Wildman–Crippen LogP) is 3.34. The van der Waals surface area contributed by atoms with Crippen molar-refractivity contribution in [3.63, 3.8) is 0 Å². The lowest BCUT2D eigenvalue weighted by molar-refractivity contribution is -0.128. The van der Waals surface area contributed by atoms with Gasteiger partial charge in [-0.1, -0.05) is 6.92 Å². The molecular formula is C14H15BrN2O2. The Kier molecular flexibility index (Phi) is 3.81. The van der Waals surface area contributed by atoms with Gasteiger partial charge in [0, 0.05) is 10.5 Å². The number of rotatable bonds is 3. The lowest BCUT2D eigenvalue weighted by Gasteiger charge is -2.39. The van der Waals surface area contributed by atoms with E-state index in [0.29, 0.717) is 30.2 Å². The maximum Gasteiger partial charge on any atom is 0.244 e. The minimum absolute atomic E-state index is 0.234. The molecule has 4 nitrogen and oxygen atoms in total. The molecule has 100 valence electrons. The molecule has 1 aromatic rings. The second-order valence-corrected chi connectivity index (χ2v) is 5.86. The van der Waals surface area contributed by atoms with Gasteiger partial charge in [0.25, 0.3) is 0 Å². The number of hydrogen-bond acceptors (Lipinski definition) is 3. The Hall–Kier alpha value is -1.54. The summed E-state index contributed by atoms with van der Waals surface area (Å²) in [6.07, 6.45) is 1.24. The SMILES string of the molecule is COc1ccc(Br)c(NC(=O)C2(C#N)CC(C)C2)c1. The van der Waals surface area contributed by atoms with Gasteiger partial charge in [0.2, 0.25) is 5.91 Å². The third-order valence-electron chi connectivity index (χ3n) is 3.46. The molecule has 1 N–H and O–H groups in total. The smallest absolute Gasteiger partial charge is 0.244 e. The Labute approximate surface area is 120 Å². The number of benzene rings is 1. The van der Waals surface area contributed by atoms with Crippen molar-refractivity contribution < 1.29 is 9.53 Å². The van der Waals surface area contributed by atoms with Crippen LogP contribution in [0.3, 0.4) is 0 Å². The first kappa shape index (κ1) is 13.9. The van der Waals surface area contributed by atoms with Crippen LogP contribution in [0.25, 0.3) is 0 Å². The molecule has 19 heavy (non-hydrogen) atoms. The quantitative estimate of drug-likeness (QED) is 0.928. The number of anilines is 1. The maximum atomic E-state index is 12.2. The number of nitrogens with zero attached hydrogens (tertiary/aromatic N) is 1. The van der Waals surface area contributed by atoms with E-state index in [1.165, 1.54) is 0 Å². The highest BCUT2D eigenvalue weighted by Crippen LogP contribution is 2.46. The fraction of sp³-hybridized carbons (Fsp3) is 0.429. The zero-order valence-corrected chi connectivity index (χ0v) is 12.5. The van der Waals surface area contributed by atoms with Gasteiger partial charge >= 0.3 is 0 Å². The van der Waals surface area contributed by atoms with E-state index in [1.54, 1.807) is 25.3 Å². The van der Waals surface area contributed by atoms with E-state index in [4.69, 9.17) is 4.74 Å². The van der Waals surface area contributed by atoms with Crippen molar-refractivity contribution in [2.24, 2.45) is 11.3 Å². The van der Waals surface area contributed by atoms with Gasteiger partial charge in [-0.25, -0.2) is 0 Å². The van der Waals surface area contributed by atoms with Crippen LogP contribution in [0.2, 0.25) is 0 Å². The number of hydrogen-bond donors (Lipinski definition) is 1. The van der Waals surface area contributed by atoms with Gasteiger partial charge in [-0.05, 0) is 46.8 Å². The molecule has 0 unspecified atom stereocenters. The molecule has 1 aliphatic rings. The van der Waals surface area contributed by atoms with Gasteiger partial charge in [0.05, 0.1) is 18.9 Å². The number of methoxy groups -OCH3 is 1. The topological polar surface area (TPSA) is 62.1 Å². The van der Waals surface area contributed by atoms with Gasteiger partial charge in [0.1, 0.15) is 11.2 Å².